The SMILES string of the molecule is Cc1ccc(O)c(CNc2c(C)c(C)nn2CCO)n1. The highest BCUT2D eigenvalue weighted by atomic mass is 16.3. The third-order valence-corrected chi connectivity index (χ3v) is 3.25. The zero-order valence-electron chi connectivity index (χ0n) is 12.0. The third-order valence-electron chi connectivity index (χ3n) is 3.25. The van der Waals surface area contributed by atoms with Crippen molar-refractivity contribution in [1.29, 1.82) is 0 Å². The number of rotatable bonds is 5. The Labute approximate surface area is 118 Å². The topological polar surface area (TPSA) is 83.2 Å². The van der Waals surface area contributed by atoms with Crippen LogP contribution in [0.5, 0.6) is 5.75 Å². The number of nitrogens with zero attached hydrogens (tertiary/aromatic N) is 3. The molecule has 2 heterocycles. The number of anilines is 1. The molecule has 2 aromatic rings. The molecule has 0 spiro atoms. The Hall–Kier alpha value is -2.08. The van der Waals surface area contributed by atoms with Crippen molar-refractivity contribution < 1.29 is 10.2 Å². The first kappa shape index (κ1) is 14.3. The Bertz CT molecular complexity index is 607. The van der Waals surface area contributed by atoms with Gasteiger partial charge in [-0.15, -0.1) is 0 Å². The van der Waals surface area contributed by atoms with E-state index in [0.29, 0.717) is 18.8 Å². The molecule has 0 aliphatic rings. The van der Waals surface area contributed by atoms with Gasteiger partial charge >= 0.3 is 0 Å². The molecule has 0 saturated carbocycles. The normalized spacial score (nSPS) is 10.8. The van der Waals surface area contributed by atoms with E-state index in [0.717, 1.165) is 22.8 Å². The first-order valence-corrected chi connectivity index (χ1v) is 6.57. The van der Waals surface area contributed by atoms with Gasteiger partial charge in [-0.1, -0.05) is 0 Å². The fourth-order valence-corrected chi connectivity index (χ4v) is 2.05. The molecular formula is C14H20N4O2. The van der Waals surface area contributed by atoms with Crippen LogP contribution >= 0.6 is 0 Å². The van der Waals surface area contributed by atoms with Gasteiger partial charge in [-0.25, -0.2) is 4.68 Å². The highest BCUT2D eigenvalue weighted by molar-refractivity contribution is 5.47. The van der Waals surface area contributed by atoms with Gasteiger partial charge < -0.3 is 15.5 Å². The van der Waals surface area contributed by atoms with E-state index in [4.69, 9.17) is 5.11 Å². The molecule has 3 N–H and O–H groups in total. The maximum atomic E-state index is 9.80. The number of aryl methyl sites for hydroxylation is 2. The molecule has 0 atom stereocenters. The summed E-state index contributed by atoms with van der Waals surface area (Å²) in [7, 11) is 0. The van der Waals surface area contributed by atoms with Crippen molar-refractivity contribution >= 4 is 5.82 Å². The van der Waals surface area contributed by atoms with Gasteiger partial charge in [0.15, 0.2) is 0 Å². The van der Waals surface area contributed by atoms with Gasteiger partial charge in [0.05, 0.1) is 25.4 Å². The molecule has 2 aromatic heterocycles. The van der Waals surface area contributed by atoms with Gasteiger partial charge in [0.1, 0.15) is 17.3 Å². The molecule has 6 nitrogen and oxygen atoms in total. The lowest BCUT2D eigenvalue weighted by Gasteiger charge is -2.11. The van der Waals surface area contributed by atoms with Crippen LogP contribution in [0.15, 0.2) is 12.1 Å². The average molecular weight is 276 g/mol. The van der Waals surface area contributed by atoms with Crippen LogP contribution in [0.25, 0.3) is 0 Å². The summed E-state index contributed by atoms with van der Waals surface area (Å²) in [5.41, 5.74) is 3.41. The molecule has 0 aliphatic heterocycles. The first-order valence-electron chi connectivity index (χ1n) is 6.57. The Balaban J connectivity index is 2.20. The number of hydrogen-bond donors (Lipinski definition) is 3. The van der Waals surface area contributed by atoms with E-state index in [9.17, 15) is 5.11 Å². The molecule has 0 saturated heterocycles. The largest absolute Gasteiger partial charge is 0.506 e. The van der Waals surface area contributed by atoms with Gasteiger partial charge in [-0.2, -0.15) is 5.10 Å². The summed E-state index contributed by atoms with van der Waals surface area (Å²) in [6, 6.07) is 3.41. The molecule has 20 heavy (non-hydrogen) atoms. The van der Waals surface area contributed by atoms with Crippen molar-refractivity contribution in [2.24, 2.45) is 0 Å². The Morgan fingerprint density at radius 2 is 2.00 bits per heavy atom. The number of pyridine rings is 1. The third kappa shape index (κ3) is 2.91. The zero-order chi connectivity index (χ0) is 14.7. The minimum atomic E-state index is 0.0309. The van der Waals surface area contributed by atoms with Crippen LogP contribution in [0.1, 0.15) is 22.6 Å². The number of aliphatic hydroxyl groups is 1. The van der Waals surface area contributed by atoms with Crippen LogP contribution < -0.4 is 5.32 Å². The van der Waals surface area contributed by atoms with E-state index >= 15 is 0 Å². The minimum Gasteiger partial charge on any atom is -0.506 e. The van der Waals surface area contributed by atoms with Crippen LogP contribution in [0.4, 0.5) is 5.82 Å². The number of aliphatic hydroxyl groups excluding tert-OH is 1. The van der Waals surface area contributed by atoms with E-state index in [1.807, 2.05) is 20.8 Å². The number of nitrogens with one attached hydrogen (secondary N) is 1. The van der Waals surface area contributed by atoms with E-state index in [2.05, 4.69) is 15.4 Å². The van der Waals surface area contributed by atoms with Crippen molar-refractivity contribution in [2.75, 3.05) is 11.9 Å². The lowest BCUT2D eigenvalue weighted by Crippen LogP contribution is -2.11. The summed E-state index contributed by atoms with van der Waals surface area (Å²) < 4.78 is 1.73. The van der Waals surface area contributed by atoms with E-state index in [1.165, 1.54) is 0 Å². The fraction of sp³-hybridized carbons (Fsp3) is 0.429. The minimum absolute atomic E-state index is 0.0309. The summed E-state index contributed by atoms with van der Waals surface area (Å²) in [6.07, 6.45) is 0. The molecule has 2 rings (SSSR count). The summed E-state index contributed by atoms with van der Waals surface area (Å²) in [6.45, 7) is 6.66. The lowest BCUT2D eigenvalue weighted by molar-refractivity contribution is 0.270. The predicted molar refractivity (Wildman–Crippen MR) is 76.8 cm³/mol. The van der Waals surface area contributed by atoms with Crippen molar-refractivity contribution in [3.8, 4) is 5.75 Å². The molecule has 0 unspecified atom stereocenters. The molecule has 0 radical (unpaired) electrons. The maximum Gasteiger partial charge on any atom is 0.138 e. The second-order valence-corrected chi connectivity index (χ2v) is 4.78. The lowest BCUT2D eigenvalue weighted by atomic mass is 10.2. The van der Waals surface area contributed by atoms with Crippen molar-refractivity contribution in [3.63, 3.8) is 0 Å². The van der Waals surface area contributed by atoms with Crippen LogP contribution in [0.3, 0.4) is 0 Å². The molecule has 108 valence electrons. The molecule has 0 aliphatic carbocycles. The van der Waals surface area contributed by atoms with Crippen LogP contribution in [-0.4, -0.2) is 31.6 Å². The smallest absolute Gasteiger partial charge is 0.138 e. The second-order valence-electron chi connectivity index (χ2n) is 4.78. The summed E-state index contributed by atoms with van der Waals surface area (Å²) in [4.78, 5) is 4.31. The molecule has 0 amide bonds. The van der Waals surface area contributed by atoms with Crippen LogP contribution in [-0.2, 0) is 13.1 Å². The molecule has 0 bridgehead atoms. The van der Waals surface area contributed by atoms with Gasteiger partial charge in [0.25, 0.3) is 0 Å². The molecular weight excluding hydrogens is 256 g/mol. The molecule has 0 fully saturated rings. The fourth-order valence-electron chi connectivity index (χ4n) is 2.05. The monoisotopic (exact) mass is 276 g/mol. The zero-order valence-corrected chi connectivity index (χ0v) is 12.0. The summed E-state index contributed by atoms with van der Waals surface area (Å²) in [5, 5.41) is 26.5. The maximum absolute atomic E-state index is 9.80. The van der Waals surface area contributed by atoms with E-state index in [-0.39, 0.29) is 12.4 Å². The van der Waals surface area contributed by atoms with Gasteiger partial charge in [-0.3, -0.25) is 4.98 Å². The summed E-state index contributed by atoms with van der Waals surface area (Å²) in [5.74, 6) is 1.02. The Kier molecular flexibility index (Phi) is 4.24. The highest BCUT2D eigenvalue weighted by Crippen LogP contribution is 2.21. The molecule has 0 aromatic carbocycles. The van der Waals surface area contributed by atoms with Crippen LogP contribution in [0, 0.1) is 20.8 Å². The van der Waals surface area contributed by atoms with Crippen molar-refractivity contribution in [3.05, 3.63) is 34.8 Å². The first-order chi connectivity index (χ1) is 9.52. The molecule has 6 heteroatoms. The van der Waals surface area contributed by atoms with Crippen molar-refractivity contribution in [2.45, 2.75) is 33.9 Å². The summed E-state index contributed by atoms with van der Waals surface area (Å²) >= 11 is 0. The number of aromatic nitrogens is 3. The predicted octanol–water partition coefficient (Wildman–Crippen LogP) is 1.51. The average Bonchev–Trinajstić information content (AvgIpc) is 2.67. The van der Waals surface area contributed by atoms with Crippen LogP contribution in [0.2, 0.25) is 0 Å². The Morgan fingerprint density at radius 3 is 2.70 bits per heavy atom. The highest BCUT2D eigenvalue weighted by Gasteiger charge is 2.12. The quantitative estimate of drug-likeness (QED) is 0.771. The number of aromatic hydroxyl groups is 1. The Morgan fingerprint density at radius 1 is 1.25 bits per heavy atom. The van der Waals surface area contributed by atoms with Gasteiger partial charge in [0, 0.05) is 11.3 Å². The second kappa shape index (κ2) is 5.92. The number of hydrogen-bond acceptors (Lipinski definition) is 5. The van der Waals surface area contributed by atoms with Gasteiger partial charge in [0.2, 0.25) is 0 Å². The standard InChI is InChI=1S/C14H20N4O2/c1-9-4-5-13(20)12(16-9)8-15-14-10(2)11(3)17-18(14)6-7-19/h4-5,15,19-20H,6-8H2,1-3H3. The van der Waals surface area contributed by atoms with E-state index in [1.54, 1.807) is 16.8 Å². The van der Waals surface area contributed by atoms with E-state index < -0.39 is 0 Å². The van der Waals surface area contributed by atoms with Gasteiger partial charge in [-0.05, 0) is 32.9 Å². The van der Waals surface area contributed by atoms with Crippen molar-refractivity contribution in [1.82, 2.24) is 14.8 Å².